The predicted octanol–water partition coefficient (Wildman–Crippen LogP) is 3.24. The first-order valence-electron chi connectivity index (χ1n) is 4.58. The van der Waals surface area contributed by atoms with E-state index in [2.05, 4.69) is 0 Å². The van der Waals surface area contributed by atoms with Gasteiger partial charge in [-0.3, -0.25) is 10.1 Å². The van der Waals surface area contributed by atoms with Gasteiger partial charge in [-0.25, -0.2) is 0 Å². The van der Waals surface area contributed by atoms with Crippen LogP contribution >= 0.6 is 0 Å². The smallest absolute Gasteiger partial charge is 0.243 e. The van der Waals surface area contributed by atoms with Crippen LogP contribution in [0.5, 0.6) is 0 Å². The maximum atomic E-state index is 10.6. The van der Waals surface area contributed by atoms with E-state index in [0.29, 0.717) is 18.0 Å². The van der Waals surface area contributed by atoms with E-state index in [1.165, 1.54) is 0 Å². The van der Waals surface area contributed by atoms with Crippen molar-refractivity contribution in [1.29, 1.82) is 0 Å². The molecule has 0 aliphatic rings. The minimum absolute atomic E-state index is 0.114. The highest BCUT2D eigenvalue weighted by molar-refractivity contribution is 4.99. The fourth-order valence-corrected chi connectivity index (χ4v) is 1.10. The molecule has 0 spiro atoms. The van der Waals surface area contributed by atoms with Crippen LogP contribution in [-0.4, -0.2) is 4.92 Å². The molecule has 0 radical (unpaired) electrons. The molecular formula is C10H19NO2. The van der Waals surface area contributed by atoms with E-state index >= 15 is 0 Å². The van der Waals surface area contributed by atoms with Gasteiger partial charge in [-0.15, -0.1) is 0 Å². The average Bonchev–Trinajstić information content (AvgIpc) is 1.81. The lowest BCUT2D eigenvalue weighted by molar-refractivity contribution is -0.429. The quantitative estimate of drug-likeness (QED) is 0.500. The van der Waals surface area contributed by atoms with E-state index in [4.69, 9.17) is 0 Å². The van der Waals surface area contributed by atoms with Gasteiger partial charge in [0.15, 0.2) is 0 Å². The molecule has 0 saturated heterocycles. The zero-order chi connectivity index (χ0) is 10.6. The molecule has 0 bridgehead atoms. The topological polar surface area (TPSA) is 43.1 Å². The molecule has 76 valence electrons. The summed E-state index contributed by atoms with van der Waals surface area (Å²) in [6.45, 7) is 9.88. The van der Waals surface area contributed by atoms with Crippen molar-refractivity contribution in [2.75, 3.05) is 0 Å². The summed E-state index contributed by atoms with van der Waals surface area (Å²) in [7, 11) is 0. The van der Waals surface area contributed by atoms with Crippen LogP contribution < -0.4 is 0 Å². The van der Waals surface area contributed by atoms with Crippen molar-refractivity contribution in [2.24, 2.45) is 11.3 Å². The Morgan fingerprint density at radius 1 is 1.46 bits per heavy atom. The average molecular weight is 185 g/mol. The van der Waals surface area contributed by atoms with Crippen molar-refractivity contribution < 1.29 is 4.92 Å². The largest absolute Gasteiger partial charge is 0.259 e. The first kappa shape index (κ1) is 12.1. The van der Waals surface area contributed by atoms with Gasteiger partial charge in [0.2, 0.25) is 5.70 Å². The number of hydrogen-bond acceptors (Lipinski definition) is 2. The summed E-state index contributed by atoms with van der Waals surface area (Å²) < 4.78 is 0. The minimum atomic E-state index is -0.273. The second kappa shape index (κ2) is 4.40. The van der Waals surface area contributed by atoms with Gasteiger partial charge in [-0.05, 0) is 17.4 Å². The zero-order valence-corrected chi connectivity index (χ0v) is 9.13. The van der Waals surface area contributed by atoms with Crippen LogP contribution in [0.25, 0.3) is 0 Å². The SMILES string of the molecule is CC(C)CC(=CC(C)(C)C)[N+](=O)[O-]. The molecule has 0 heterocycles. The van der Waals surface area contributed by atoms with Gasteiger partial charge in [-0.2, -0.15) is 0 Å². The number of allylic oxidation sites excluding steroid dienone is 2. The molecule has 0 fully saturated rings. The lowest BCUT2D eigenvalue weighted by Crippen LogP contribution is -2.09. The highest BCUT2D eigenvalue weighted by Gasteiger charge is 2.17. The van der Waals surface area contributed by atoms with Gasteiger partial charge in [0, 0.05) is 6.42 Å². The van der Waals surface area contributed by atoms with Gasteiger partial charge >= 0.3 is 0 Å². The van der Waals surface area contributed by atoms with Crippen LogP contribution in [0.3, 0.4) is 0 Å². The molecule has 0 aromatic heterocycles. The molecule has 0 N–H and O–H groups in total. The molecule has 0 atom stereocenters. The first-order valence-corrected chi connectivity index (χ1v) is 4.58. The molecular weight excluding hydrogens is 166 g/mol. The molecule has 0 unspecified atom stereocenters. The van der Waals surface area contributed by atoms with Gasteiger partial charge < -0.3 is 0 Å². The number of nitrogens with zero attached hydrogens (tertiary/aromatic N) is 1. The van der Waals surface area contributed by atoms with E-state index < -0.39 is 0 Å². The van der Waals surface area contributed by atoms with Gasteiger partial charge in [0.25, 0.3) is 0 Å². The summed E-state index contributed by atoms with van der Waals surface area (Å²) in [5.41, 5.74) is 0.222. The van der Waals surface area contributed by atoms with Crippen LogP contribution in [0.2, 0.25) is 0 Å². The molecule has 3 heteroatoms. The van der Waals surface area contributed by atoms with E-state index in [0.717, 1.165) is 0 Å². The highest BCUT2D eigenvalue weighted by atomic mass is 16.6. The molecule has 0 aromatic rings. The fourth-order valence-electron chi connectivity index (χ4n) is 1.10. The summed E-state index contributed by atoms with van der Waals surface area (Å²) in [5.74, 6) is 0.332. The Bertz CT molecular complexity index is 211. The van der Waals surface area contributed by atoms with E-state index in [9.17, 15) is 10.1 Å². The Kier molecular flexibility index (Phi) is 4.11. The summed E-state index contributed by atoms with van der Waals surface area (Å²) in [4.78, 5) is 10.4. The Morgan fingerprint density at radius 3 is 2.15 bits per heavy atom. The summed E-state index contributed by atoms with van der Waals surface area (Å²) in [5, 5.41) is 10.6. The monoisotopic (exact) mass is 185 g/mol. The first-order chi connectivity index (χ1) is 5.72. The molecule has 0 amide bonds. The Hall–Kier alpha value is -0.860. The van der Waals surface area contributed by atoms with Crippen LogP contribution in [0.4, 0.5) is 0 Å². The van der Waals surface area contributed by atoms with Crippen molar-refractivity contribution in [3.05, 3.63) is 21.9 Å². The third kappa shape index (κ3) is 6.31. The predicted molar refractivity (Wildman–Crippen MR) is 54.0 cm³/mol. The summed E-state index contributed by atoms with van der Waals surface area (Å²) in [6.07, 6.45) is 2.29. The minimum Gasteiger partial charge on any atom is -0.259 e. The summed E-state index contributed by atoms with van der Waals surface area (Å²) >= 11 is 0. The lowest BCUT2D eigenvalue weighted by Gasteiger charge is -2.12. The van der Waals surface area contributed by atoms with Crippen LogP contribution in [0.15, 0.2) is 11.8 Å². The highest BCUT2D eigenvalue weighted by Crippen LogP contribution is 2.21. The molecule has 0 saturated carbocycles. The van der Waals surface area contributed by atoms with E-state index in [1.807, 2.05) is 34.6 Å². The van der Waals surface area contributed by atoms with Gasteiger partial charge in [-0.1, -0.05) is 34.6 Å². The van der Waals surface area contributed by atoms with Crippen molar-refractivity contribution in [2.45, 2.75) is 41.0 Å². The molecule has 3 nitrogen and oxygen atoms in total. The van der Waals surface area contributed by atoms with Crippen molar-refractivity contribution in [1.82, 2.24) is 0 Å². The second-order valence-corrected chi connectivity index (χ2v) is 4.86. The standard InChI is InChI=1S/C10H19NO2/c1-8(2)6-9(11(12)13)7-10(3,4)5/h7-8H,6H2,1-5H3. The summed E-state index contributed by atoms with van der Waals surface area (Å²) in [6, 6.07) is 0. The van der Waals surface area contributed by atoms with Crippen LogP contribution in [0.1, 0.15) is 41.0 Å². The lowest BCUT2D eigenvalue weighted by atomic mass is 9.93. The van der Waals surface area contributed by atoms with Crippen molar-refractivity contribution in [3.63, 3.8) is 0 Å². The Labute approximate surface area is 80.0 Å². The van der Waals surface area contributed by atoms with Crippen LogP contribution in [0, 0.1) is 21.4 Å². The Morgan fingerprint density at radius 2 is 1.92 bits per heavy atom. The van der Waals surface area contributed by atoms with Crippen molar-refractivity contribution in [3.8, 4) is 0 Å². The Balaban J connectivity index is 4.61. The molecule has 0 aliphatic carbocycles. The van der Waals surface area contributed by atoms with Gasteiger partial charge in [0.05, 0.1) is 4.92 Å². The molecule has 0 aromatic carbocycles. The fraction of sp³-hybridized carbons (Fsp3) is 0.800. The molecule has 13 heavy (non-hydrogen) atoms. The van der Waals surface area contributed by atoms with E-state index in [1.54, 1.807) is 6.08 Å². The maximum absolute atomic E-state index is 10.6. The second-order valence-electron chi connectivity index (χ2n) is 4.86. The van der Waals surface area contributed by atoms with E-state index in [-0.39, 0.29) is 10.3 Å². The van der Waals surface area contributed by atoms with Crippen molar-refractivity contribution >= 4 is 0 Å². The van der Waals surface area contributed by atoms with Crippen LogP contribution in [-0.2, 0) is 0 Å². The molecule has 0 rings (SSSR count). The maximum Gasteiger partial charge on any atom is 0.243 e. The zero-order valence-electron chi connectivity index (χ0n) is 9.13. The number of rotatable bonds is 3. The third-order valence-corrected chi connectivity index (χ3v) is 1.45. The third-order valence-electron chi connectivity index (χ3n) is 1.45. The van der Waals surface area contributed by atoms with Gasteiger partial charge in [0.1, 0.15) is 0 Å². The normalized spacial score (nSPS) is 13.5. The molecule has 0 aliphatic heterocycles. The number of hydrogen-bond donors (Lipinski definition) is 0. The number of nitro groups is 1.